The van der Waals surface area contributed by atoms with Crippen molar-refractivity contribution in [3.63, 3.8) is 0 Å². The van der Waals surface area contributed by atoms with E-state index < -0.39 is 0 Å². The molecule has 2 heterocycles. The number of fused-ring (bicyclic) bond motifs is 1. The fourth-order valence-electron chi connectivity index (χ4n) is 3.42. The Hall–Kier alpha value is -1.68. The quantitative estimate of drug-likeness (QED) is 0.910. The molecule has 1 unspecified atom stereocenters. The van der Waals surface area contributed by atoms with Crippen molar-refractivity contribution in [1.29, 1.82) is 0 Å². The Balaban J connectivity index is 1.59. The zero-order chi connectivity index (χ0) is 13.4. The minimum absolute atomic E-state index is 0.252. The average Bonchev–Trinajstić information content (AvgIpc) is 3.14. The van der Waals surface area contributed by atoms with Crippen LogP contribution in [0.25, 0.3) is 0 Å². The molecule has 0 amide bonds. The minimum atomic E-state index is 0.252. The lowest BCUT2D eigenvalue weighted by Crippen LogP contribution is -2.27. The Bertz CT molecular complexity index is 601. The summed E-state index contributed by atoms with van der Waals surface area (Å²) in [6, 6.07) is 8.86. The van der Waals surface area contributed by atoms with Crippen molar-refractivity contribution in [3.8, 4) is 0 Å². The van der Waals surface area contributed by atoms with Gasteiger partial charge in [-0.05, 0) is 43.4 Å². The molecule has 1 aromatic carbocycles. The fraction of sp³-hybridized carbons (Fsp3) is 0.500. The highest BCUT2D eigenvalue weighted by Gasteiger charge is 2.29. The monoisotopic (exact) mass is 269 g/mol. The molecule has 1 saturated heterocycles. The first-order valence-corrected chi connectivity index (χ1v) is 7.56. The highest BCUT2D eigenvalue weighted by molar-refractivity contribution is 5.38. The standard InChI is InChI=1S/C16H19N3O/c1-2-6-12-11(5-1)8-9-13(12)15-18-16(20-19-15)14-7-3-4-10-17-14/h1-2,5-6,13-14,17H,3-4,7-10H2/t13?,14-/m0/s1. The number of aryl methyl sites for hydroxylation is 1. The molecule has 104 valence electrons. The van der Waals surface area contributed by atoms with E-state index >= 15 is 0 Å². The van der Waals surface area contributed by atoms with Crippen LogP contribution in [0, 0.1) is 0 Å². The first kappa shape index (κ1) is 12.1. The Morgan fingerprint density at radius 3 is 3.00 bits per heavy atom. The SMILES string of the molecule is c1ccc2c(c1)CCC2c1noc([C@@H]2CCCCN2)n1. The summed E-state index contributed by atoms with van der Waals surface area (Å²) in [6.07, 6.45) is 5.79. The number of hydrogen-bond acceptors (Lipinski definition) is 4. The van der Waals surface area contributed by atoms with E-state index in [-0.39, 0.29) is 6.04 Å². The molecule has 4 rings (SSSR count). The number of nitrogens with one attached hydrogen (secondary N) is 1. The van der Waals surface area contributed by atoms with Gasteiger partial charge in [-0.15, -0.1) is 0 Å². The summed E-state index contributed by atoms with van der Waals surface area (Å²) >= 11 is 0. The molecule has 0 spiro atoms. The molecule has 2 aliphatic rings. The molecule has 20 heavy (non-hydrogen) atoms. The Kier molecular flexibility index (Phi) is 3.03. The molecule has 0 saturated carbocycles. The highest BCUT2D eigenvalue weighted by atomic mass is 16.5. The summed E-state index contributed by atoms with van der Waals surface area (Å²) in [5.74, 6) is 1.94. The van der Waals surface area contributed by atoms with Gasteiger partial charge in [0.2, 0.25) is 5.89 Å². The van der Waals surface area contributed by atoms with Gasteiger partial charge in [0.05, 0.1) is 6.04 Å². The van der Waals surface area contributed by atoms with E-state index in [4.69, 9.17) is 4.52 Å². The van der Waals surface area contributed by atoms with Crippen LogP contribution >= 0.6 is 0 Å². The van der Waals surface area contributed by atoms with Gasteiger partial charge in [0.25, 0.3) is 0 Å². The van der Waals surface area contributed by atoms with Crippen molar-refractivity contribution in [3.05, 3.63) is 47.1 Å². The number of hydrogen-bond donors (Lipinski definition) is 1. The van der Waals surface area contributed by atoms with Crippen molar-refractivity contribution >= 4 is 0 Å². The van der Waals surface area contributed by atoms with Crippen LogP contribution in [0.5, 0.6) is 0 Å². The summed E-state index contributed by atoms with van der Waals surface area (Å²) in [5, 5.41) is 7.71. The highest BCUT2D eigenvalue weighted by Crippen LogP contribution is 2.37. The maximum atomic E-state index is 5.51. The second-order valence-corrected chi connectivity index (χ2v) is 5.78. The van der Waals surface area contributed by atoms with Crippen molar-refractivity contribution in [2.45, 2.75) is 44.1 Å². The van der Waals surface area contributed by atoms with Gasteiger partial charge in [-0.2, -0.15) is 4.98 Å². The molecule has 1 aliphatic heterocycles. The van der Waals surface area contributed by atoms with Gasteiger partial charge in [-0.25, -0.2) is 0 Å². The molecule has 2 atom stereocenters. The lowest BCUT2D eigenvalue weighted by molar-refractivity contribution is 0.295. The van der Waals surface area contributed by atoms with Gasteiger partial charge < -0.3 is 9.84 Å². The minimum Gasteiger partial charge on any atom is -0.338 e. The average molecular weight is 269 g/mol. The predicted molar refractivity (Wildman–Crippen MR) is 75.5 cm³/mol. The number of rotatable bonds is 2. The van der Waals surface area contributed by atoms with E-state index in [0.717, 1.165) is 37.5 Å². The molecule has 0 bridgehead atoms. The maximum Gasteiger partial charge on any atom is 0.243 e. The third-order valence-electron chi connectivity index (χ3n) is 4.51. The lowest BCUT2D eigenvalue weighted by Gasteiger charge is -2.19. The first-order chi connectivity index (χ1) is 9.92. The van der Waals surface area contributed by atoms with Gasteiger partial charge in [0.15, 0.2) is 5.82 Å². The predicted octanol–water partition coefficient (Wildman–Crippen LogP) is 2.96. The number of piperidine rings is 1. The van der Waals surface area contributed by atoms with Gasteiger partial charge >= 0.3 is 0 Å². The van der Waals surface area contributed by atoms with Crippen LogP contribution in [0.1, 0.15) is 60.5 Å². The summed E-state index contributed by atoms with van der Waals surface area (Å²) in [6.45, 7) is 1.05. The molecule has 1 N–H and O–H groups in total. The molecular weight excluding hydrogens is 250 g/mol. The van der Waals surface area contributed by atoms with Gasteiger partial charge in [-0.1, -0.05) is 35.8 Å². The number of aromatic nitrogens is 2. The van der Waals surface area contributed by atoms with E-state index in [1.165, 1.54) is 24.0 Å². The summed E-state index contributed by atoms with van der Waals surface area (Å²) in [5.41, 5.74) is 2.80. The third-order valence-corrected chi connectivity index (χ3v) is 4.51. The maximum absolute atomic E-state index is 5.51. The van der Waals surface area contributed by atoms with Crippen LogP contribution in [0.3, 0.4) is 0 Å². The van der Waals surface area contributed by atoms with Crippen molar-refractivity contribution in [2.75, 3.05) is 6.54 Å². The number of benzene rings is 1. The Labute approximate surface area is 118 Å². The number of nitrogens with zero attached hydrogens (tertiary/aromatic N) is 2. The van der Waals surface area contributed by atoms with E-state index in [0.29, 0.717) is 5.92 Å². The Morgan fingerprint density at radius 1 is 1.15 bits per heavy atom. The fourth-order valence-corrected chi connectivity index (χ4v) is 3.42. The van der Waals surface area contributed by atoms with Crippen LogP contribution in [0.2, 0.25) is 0 Å². The molecule has 4 nitrogen and oxygen atoms in total. The second kappa shape index (κ2) is 5.02. The second-order valence-electron chi connectivity index (χ2n) is 5.78. The van der Waals surface area contributed by atoms with E-state index in [1.54, 1.807) is 0 Å². The lowest BCUT2D eigenvalue weighted by atomic mass is 10.0. The molecule has 1 fully saturated rings. The molecule has 0 radical (unpaired) electrons. The van der Waals surface area contributed by atoms with Gasteiger partial charge in [0.1, 0.15) is 0 Å². The zero-order valence-electron chi connectivity index (χ0n) is 11.5. The first-order valence-electron chi connectivity index (χ1n) is 7.56. The summed E-state index contributed by atoms with van der Waals surface area (Å²) < 4.78 is 5.51. The van der Waals surface area contributed by atoms with Crippen LogP contribution in [-0.2, 0) is 6.42 Å². The molecule has 1 aliphatic carbocycles. The third kappa shape index (κ3) is 2.04. The molecule has 2 aromatic rings. The van der Waals surface area contributed by atoms with E-state index in [9.17, 15) is 0 Å². The normalized spacial score (nSPS) is 25.6. The van der Waals surface area contributed by atoms with Crippen molar-refractivity contribution < 1.29 is 4.52 Å². The topological polar surface area (TPSA) is 51.0 Å². The smallest absolute Gasteiger partial charge is 0.243 e. The van der Waals surface area contributed by atoms with Crippen LogP contribution in [-0.4, -0.2) is 16.7 Å². The zero-order valence-corrected chi connectivity index (χ0v) is 11.5. The van der Waals surface area contributed by atoms with Crippen LogP contribution in [0.15, 0.2) is 28.8 Å². The molecule has 1 aromatic heterocycles. The van der Waals surface area contributed by atoms with Crippen molar-refractivity contribution in [1.82, 2.24) is 15.5 Å². The van der Waals surface area contributed by atoms with Crippen LogP contribution < -0.4 is 5.32 Å². The van der Waals surface area contributed by atoms with Gasteiger partial charge in [-0.3, -0.25) is 0 Å². The summed E-state index contributed by atoms with van der Waals surface area (Å²) in [4.78, 5) is 4.67. The Morgan fingerprint density at radius 2 is 2.10 bits per heavy atom. The van der Waals surface area contributed by atoms with Gasteiger partial charge in [0, 0.05) is 5.92 Å². The van der Waals surface area contributed by atoms with Crippen LogP contribution in [0.4, 0.5) is 0 Å². The summed E-state index contributed by atoms with van der Waals surface area (Å²) in [7, 11) is 0. The molecule has 4 heteroatoms. The van der Waals surface area contributed by atoms with E-state index in [2.05, 4.69) is 39.7 Å². The van der Waals surface area contributed by atoms with Crippen molar-refractivity contribution in [2.24, 2.45) is 0 Å². The van der Waals surface area contributed by atoms with E-state index in [1.807, 2.05) is 0 Å². The largest absolute Gasteiger partial charge is 0.338 e. The molecular formula is C16H19N3O.